The van der Waals surface area contributed by atoms with E-state index in [9.17, 15) is 19.5 Å². The third kappa shape index (κ3) is 17.7. The van der Waals surface area contributed by atoms with E-state index in [1.807, 2.05) is 20.8 Å². The summed E-state index contributed by atoms with van der Waals surface area (Å²) < 4.78 is 22.4. The highest BCUT2D eigenvalue weighted by Crippen LogP contribution is 2.18. The second-order valence-electron chi connectivity index (χ2n) is 13.6. The number of nitrogens with one attached hydrogen (secondary N) is 2. The first kappa shape index (κ1) is 36.2. The molecule has 0 heterocycles. The average Bonchev–Trinajstić information content (AvgIpc) is 2.63. The van der Waals surface area contributed by atoms with Gasteiger partial charge in [-0.25, -0.2) is 4.79 Å². The Kier molecular flexibility index (Phi) is 13.9. The molecule has 0 bridgehead atoms. The third-order valence-corrected chi connectivity index (χ3v) is 4.59. The average molecular weight is 547 g/mol. The first-order chi connectivity index (χ1) is 16.9. The standard InChI is InChI=1S/C28H54N2O8/c1-18(31)21(24(34)38-28(11,12)13)30-16-14-19(22(32)36-26(5,6)7)29-17-15-20(35-25(2,3)4)23(33)37-27(8,9)10/h18-21,29-31H,14-17H2,1-13H3. The van der Waals surface area contributed by atoms with Crippen molar-refractivity contribution >= 4 is 17.9 Å². The Hall–Kier alpha value is -1.75. The fourth-order valence-corrected chi connectivity index (χ4v) is 3.28. The van der Waals surface area contributed by atoms with Gasteiger partial charge in [-0.3, -0.25) is 9.59 Å². The predicted molar refractivity (Wildman–Crippen MR) is 147 cm³/mol. The van der Waals surface area contributed by atoms with Crippen molar-refractivity contribution in [2.75, 3.05) is 13.1 Å². The summed E-state index contributed by atoms with van der Waals surface area (Å²) in [5.74, 6) is -1.51. The Morgan fingerprint density at radius 2 is 1.05 bits per heavy atom. The summed E-state index contributed by atoms with van der Waals surface area (Å²) in [6.45, 7) is 23.5. The Balaban J connectivity index is 5.42. The van der Waals surface area contributed by atoms with Crippen LogP contribution in [-0.2, 0) is 33.3 Å². The minimum Gasteiger partial charge on any atom is -0.459 e. The lowest BCUT2D eigenvalue weighted by atomic mass is 10.1. The summed E-state index contributed by atoms with van der Waals surface area (Å²) in [5, 5.41) is 16.3. The van der Waals surface area contributed by atoms with Crippen LogP contribution in [0.3, 0.4) is 0 Å². The van der Waals surface area contributed by atoms with Gasteiger partial charge in [-0.1, -0.05) is 0 Å². The molecule has 0 aromatic rings. The number of hydrogen-bond donors (Lipinski definition) is 3. The molecule has 0 aromatic carbocycles. The highest BCUT2D eigenvalue weighted by molar-refractivity contribution is 5.77. The van der Waals surface area contributed by atoms with Crippen molar-refractivity contribution in [3.8, 4) is 0 Å². The molecule has 4 atom stereocenters. The van der Waals surface area contributed by atoms with E-state index in [1.165, 1.54) is 6.92 Å². The van der Waals surface area contributed by atoms with Crippen LogP contribution in [-0.4, -0.2) is 82.8 Å². The van der Waals surface area contributed by atoms with Crippen LogP contribution in [0.1, 0.15) is 103 Å². The van der Waals surface area contributed by atoms with Crippen molar-refractivity contribution in [2.45, 2.75) is 150 Å². The van der Waals surface area contributed by atoms with Crippen LogP contribution in [0.15, 0.2) is 0 Å². The maximum absolute atomic E-state index is 12.9. The van der Waals surface area contributed by atoms with E-state index in [0.29, 0.717) is 0 Å². The maximum Gasteiger partial charge on any atom is 0.335 e. The van der Waals surface area contributed by atoms with Gasteiger partial charge in [0.1, 0.15) is 28.9 Å². The zero-order valence-electron chi connectivity index (χ0n) is 25.9. The Labute approximate surface area is 229 Å². The van der Waals surface area contributed by atoms with Gasteiger partial charge >= 0.3 is 17.9 Å². The molecule has 0 aliphatic rings. The summed E-state index contributed by atoms with van der Waals surface area (Å²) in [7, 11) is 0. The lowest BCUT2D eigenvalue weighted by Gasteiger charge is -2.30. The van der Waals surface area contributed by atoms with E-state index >= 15 is 0 Å². The van der Waals surface area contributed by atoms with Crippen LogP contribution < -0.4 is 10.6 Å². The van der Waals surface area contributed by atoms with E-state index in [0.717, 1.165) is 0 Å². The van der Waals surface area contributed by atoms with Crippen LogP contribution in [0, 0.1) is 0 Å². The molecular weight excluding hydrogens is 492 g/mol. The number of rotatable bonds is 13. The molecule has 0 fully saturated rings. The molecule has 0 rings (SSSR count). The van der Waals surface area contributed by atoms with Gasteiger partial charge in [0.25, 0.3) is 0 Å². The van der Waals surface area contributed by atoms with Crippen molar-refractivity contribution in [1.29, 1.82) is 0 Å². The van der Waals surface area contributed by atoms with E-state index < -0.39 is 64.6 Å². The SMILES string of the molecule is CC(O)C(NCCC(NCCC(OC(C)(C)C)C(=O)OC(C)(C)C)C(=O)OC(C)(C)C)C(=O)OC(C)(C)C. The highest BCUT2D eigenvalue weighted by atomic mass is 16.6. The molecule has 0 aliphatic carbocycles. The summed E-state index contributed by atoms with van der Waals surface area (Å²) >= 11 is 0. The molecule has 224 valence electrons. The highest BCUT2D eigenvalue weighted by Gasteiger charge is 2.32. The second kappa shape index (κ2) is 14.6. The second-order valence-corrected chi connectivity index (χ2v) is 13.6. The molecular formula is C28H54N2O8. The van der Waals surface area contributed by atoms with Gasteiger partial charge in [0.05, 0.1) is 11.7 Å². The summed E-state index contributed by atoms with van der Waals surface area (Å²) in [5.41, 5.74) is -2.64. The number of aliphatic hydroxyl groups excluding tert-OH is 1. The molecule has 0 saturated heterocycles. The zero-order chi connectivity index (χ0) is 30.1. The summed E-state index contributed by atoms with van der Waals surface area (Å²) in [6.07, 6.45) is -1.29. The van der Waals surface area contributed by atoms with Crippen molar-refractivity contribution in [3.63, 3.8) is 0 Å². The van der Waals surface area contributed by atoms with E-state index in [2.05, 4.69) is 10.6 Å². The number of carbonyl (C=O) groups excluding carboxylic acids is 3. The zero-order valence-corrected chi connectivity index (χ0v) is 25.9. The lowest BCUT2D eigenvalue weighted by molar-refractivity contribution is -0.177. The minimum absolute atomic E-state index is 0.222. The molecule has 3 N–H and O–H groups in total. The van der Waals surface area contributed by atoms with Crippen LogP contribution in [0.25, 0.3) is 0 Å². The molecule has 4 unspecified atom stereocenters. The van der Waals surface area contributed by atoms with Crippen LogP contribution >= 0.6 is 0 Å². The topological polar surface area (TPSA) is 132 Å². The Bertz CT molecular complexity index is 755. The van der Waals surface area contributed by atoms with E-state index in [4.69, 9.17) is 18.9 Å². The van der Waals surface area contributed by atoms with Crippen LogP contribution in [0.5, 0.6) is 0 Å². The normalized spacial score (nSPS) is 16.3. The maximum atomic E-state index is 12.9. The number of ether oxygens (including phenoxy) is 4. The quantitative estimate of drug-likeness (QED) is 0.233. The first-order valence-corrected chi connectivity index (χ1v) is 13.4. The number of hydrogen-bond acceptors (Lipinski definition) is 10. The van der Waals surface area contributed by atoms with Crippen LogP contribution in [0.4, 0.5) is 0 Å². The third-order valence-electron chi connectivity index (χ3n) is 4.59. The van der Waals surface area contributed by atoms with Gasteiger partial charge < -0.3 is 34.7 Å². The van der Waals surface area contributed by atoms with Gasteiger partial charge in [0.2, 0.25) is 0 Å². The largest absolute Gasteiger partial charge is 0.459 e. The van der Waals surface area contributed by atoms with Gasteiger partial charge in [0.15, 0.2) is 6.10 Å². The van der Waals surface area contributed by atoms with E-state index in [1.54, 1.807) is 62.3 Å². The van der Waals surface area contributed by atoms with E-state index in [-0.39, 0.29) is 25.9 Å². The molecule has 0 aliphatic heterocycles. The van der Waals surface area contributed by atoms with Gasteiger partial charge in [-0.2, -0.15) is 0 Å². The first-order valence-electron chi connectivity index (χ1n) is 13.4. The molecule has 10 nitrogen and oxygen atoms in total. The van der Waals surface area contributed by atoms with Crippen molar-refractivity contribution in [2.24, 2.45) is 0 Å². The smallest absolute Gasteiger partial charge is 0.335 e. The molecule has 0 amide bonds. The predicted octanol–water partition coefficient (Wildman–Crippen LogP) is 3.27. The molecule has 0 aromatic heterocycles. The molecule has 0 saturated carbocycles. The molecule has 0 spiro atoms. The van der Waals surface area contributed by atoms with Crippen molar-refractivity contribution in [3.05, 3.63) is 0 Å². The molecule has 0 radical (unpaired) electrons. The number of esters is 3. The fraction of sp³-hybridized carbons (Fsp3) is 0.893. The van der Waals surface area contributed by atoms with Gasteiger partial charge in [0, 0.05) is 0 Å². The van der Waals surface area contributed by atoms with Crippen LogP contribution in [0.2, 0.25) is 0 Å². The fourth-order valence-electron chi connectivity index (χ4n) is 3.28. The number of aliphatic hydroxyl groups is 1. The molecule has 10 heteroatoms. The Morgan fingerprint density at radius 1 is 0.632 bits per heavy atom. The summed E-state index contributed by atoms with van der Waals surface area (Å²) in [4.78, 5) is 38.2. The minimum atomic E-state index is -0.998. The number of carbonyl (C=O) groups is 3. The lowest BCUT2D eigenvalue weighted by Crippen LogP contribution is -2.50. The summed E-state index contributed by atoms with van der Waals surface area (Å²) in [6, 6.07) is -1.69. The Morgan fingerprint density at radius 3 is 1.47 bits per heavy atom. The van der Waals surface area contributed by atoms with Crippen molar-refractivity contribution in [1.82, 2.24) is 10.6 Å². The van der Waals surface area contributed by atoms with Crippen molar-refractivity contribution < 1.29 is 38.4 Å². The monoisotopic (exact) mass is 546 g/mol. The van der Waals surface area contributed by atoms with Gasteiger partial charge in [-0.15, -0.1) is 0 Å². The molecule has 38 heavy (non-hydrogen) atoms. The van der Waals surface area contributed by atoms with Gasteiger partial charge in [-0.05, 0) is 116 Å².